The number of carbonyl (C=O) groups is 1. The highest BCUT2D eigenvalue weighted by Gasteiger charge is 2.30. The van der Waals surface area contributed by atoms with Gasteiger partial charge in [0, 0.05) is 31.7 Å². The summed E-state index contributed by atoms with van der Waals surface area (Å²) in [5.41, 5.74) is 5.95. The zero-order chi connectivity index (χ0) is 13.7. The number of carbonyl (C=O) groups excluding carboxylic acids is 1. The molecule has 1 amide bonds. The summed E-state index contributed by atoms with van der Waals surface area (Å²) in [7, 11) is 0. The fourth-order valence-electron chi connectivity index (χ4n) is 3.06. The normalized spacial score (nSPS) is 26.7. The molecule has 2 fully saturated rings. The summed E-state index contributed by atoms with van der Waals surface area (Å²) in [5.74, 6) is 0.170. The first-order valence-electron chi connectivity index (χ1n) is 7.67. The van der Waals surface area contributed by atoms with E-state index < -0.39 is 0 Å². The van der Waals surface area contributed by atoms with Crippen molar-refractivity contribution in [1.29, 1.82) is 0 Å². The molecule has 0 bridgehead atoms. The number of piperidine rings is 1. The monoisotopic (exact) mass is 268 g/mol. The maximum atomic E-state index is 11.7. The van der Waals surface area contributed by atoms with Crippen molar-refractivity contribution in [2.75, 3.05) is 39.3 Å². The summed E-state index contributed by atoms with van der Waals surface area (Å²) in [6.07, 6.45) is 4.43. The van der Waals surface area contributed by atoms with Gasteiger partial charge in [0.2, 0.25) is 5.91 Å². The number of nitrogens with zero attached hydrogens (tertiary/aromatic N) is 2. The molecule has 0 saturated carbocycles. The minimum Gasteiger partial charge on any atom is -0.355 e. The molecule has 110 valence electrons. The molecule has 2 heterocycles. The molecule has 2 aliphatic heterocycles. The lowest BCUT2D eigenvalue weighted by atomic mass is 10.0. The van der Waals surface area contributed by atoms with Crippen LogP contribution in [0.4, 0.5) is 0 Å². The highest BCUT2D eigenvalue weighted by Crippen LogP contribution is 2.19. The van der Waals surface area contributed by atoms with Crippen LogP contribution in [0, 0.1) is 0 Å². The summed E-state index contributed by atoms with van der Waals surface area (Å²) in [6.45, 7) is 7.77. The minimum absolute atomic E-state index is 0.170. The highest BCUT2D eigenvalue weighted by molar-refractivity contribution is 5.78. The third kappa shape index (κ3) is 4.44. The summed E-state index contributed by atoms with van der Waals surface area (Å²) >= 11 is 0. The molecule has 0 aromatic heterocycles. The lowest BCUT2D eigenvalue weighted by Gasteiger charge is -2.34. The van der Waals surface area contributed by atoms with Gasteiger partial charge in [0.25, 0.3) is 0 Å². The van der Waals surface area contributed by atoms with Crippen LogP contribution in [0.2, 0.25) is 0 Å². The van der Waals surface area contributed by atoms with Crippen LogP contribution in [0.15, 0.2) is 0 Å². The summed E-state index contributed by atoms with van der Waals surface area (Å²) in [6, 6.07) is 1.03. The van der Waals surface area contributed by atoms with Crippen molar-refractivity contribution in [2.24, 2.45) is 5.73 Å². The Labute approximate surface area is 116 Å². The second kappa shape index (κ2) is 7.22. The first-order chi connectivity index (χ1) is 9.19. The molecule has 5 heteroatoms. The van der Waals surface area contributed by atoms with Gasteiger partial charge in [0.15, 0.2) is 0 Å². The zero-order valence-corrected chi connectivity index (χ0v) is 12.1. The average Bonchev–Trinajstić information content (AvgIpc) is 2.85. The Bertz CT molecular complexity index is 289. The molecule has 1 atom stereocenters. The van der Waals surface area contributed by atoms with E-state index in [0.29, 0.717) is 18.6 Å². The van der Waals surface area contributed by atoms with Gasteiger partial charge in [-0.15, -0.1) is 0 Å². The van der Waals surface area contributed by atoms with E-state index >= 15 is 0 Å². The molecule has 5 nitrogen and oxygen atoms in total. The molecular weight excluding hydrogens is 240 g/mol. The van der Waals surface area contributed by atoms with Crippen LogP contribution >= 0.6 is 0 Å². The van der Waals surface area contributed by atoms with Crippen LogP contribution in [0.25, 0.3) is 0 Å². The third-order valence-corrected chi connectivity index (χ3v) is 4.28. The van der Waals surface area contributed by atoms with Crippen molar-refractivity contribution in [3.05, 3.63) is 0 Å². The lowest BCUT2D eigenvalue weighted by Crippen LogP contribution is -2.46. The lowest BCUT2D eigenvalue weighted by molar-refractivity contribution is -0.122. The molecule has 2 aliphatic rings. The Morgan fingerprint density at radius 3 is 2.68 bits per heavy atom. The van der Waals surface area contributed by atoms with Crippen LogP contribution in [0.1, 0.15) is 32.6 Å². The maximum absolute atomic E-state index is 11.7. The van der Waals surface area contributed by atoms with Crippen molar-refractivity contribution in [2.45, 2.75) is 44.7 Å². The van der Waals surface area contributed by atoms with Gasteiger partial charge >= 0.3 is 0 Å². The predicted molar refractivity (Wildman–Crippen MR) is 76.9 cm³/mol. The SMILES string of the molecule is CCCNC(=O)CN1CCC(N2CCC(N)CC2)C1. The first-order valence-corrected chi connectivity index (χ1v) is 7.67. The van der Waals surface area contributed by atoms with E-state index in [1.165, 1.54) is 6.42 Å². The second-order valence-corrected chi connectivity index (χ2v) is 5.90. The molecule has 19 heavy (non-hydrogen) atoms. The quantitative estimate of drug-likeness (QED) is 0.737. The predicted octanol–water partition coefficient (Wildman–Crippen LogP) is 0.0100. The molecule has 0 aromatic carbocycles. The van der Waals surface area contributed by atoms with Crippen molar-refractivity contribution < 1.29 is 4.79 Å². The number of hydrogen-bond donors (Lipinski definition) is 2. The van der Waals surface area contributed by atoms with Gasteiger partial charge in [-0.25, -0.2) is 0 Å². The Kier molecular flexibility index (Phi) is 5.60. The summed E-state index contributed by atoms with van der Waals surface area (Å²) in [5, 5.41) is 2.95. The molecule has 0 radical (unpaired) electrons. The third-order valence-electron chi connectivity index (χ3n) is 4.28. The standard InChI is InChI=1S/C14H28N4O/c1-2-6-16-14(19)11-17-7-5-13(10-17)18-8-3-12(15)4-9-18/h12-13H,2-11,15H2,1H3,(H,16,19). The topological polar surface area (TPSA) is 61.6 Å². The molecule has 0 spiro atoms. The first kappa shape index (κ1) is 14.8. The fourth-order valence-corrected chi connectivity index (χ4v) is 3.06. The number of hydrogen-bond acceptors (Lipinski definition) is 4. The van der Waals surface area contributed by atoms with Gasteiger partial charge in [-0.05, 0) is 38.8 Å². The number of rotatable bonds is 5. The van der Waals surface area contributed by atoms with Gasteiger partial charge in [0.1, 0.15) is 0 Å². The van der Waals surface area contributed by atoms with Crippen molar-refractivity contribution >= 4 is 5.91 Å². The number of amides is 1. The van der Waals surface area contributed by atoms with Crippen LogP contribution in [0.5, 0.6) is 0 Å². The van der Waals surface area contributed by atoms with E-state index in [-0.39, 0.29) is 5.91 Å². The molecule has 0 aromatic rings. The molecule has 2 saturated heterocycles. The zero-order valence-electron chi connectivity index (χ0n) is 12.1. The van der Waals surface area contributed by atoms with Crippen LogP contribution in [-0.2, 0) is 4.79 Å². The van der Waals surface area contributed by atoms with Gasteiger partial charge in [-0.3, -0.25) is 14.6 Å². The van der Waals surface area contributed by atoms with Crippen molar-refractivity contribution in [3.8, 4) is 0 Å². The van der Waals surface area contributed by atoms with E-state index in [9.17, 15) is 4.79 Å². The van der Waals surface area contributed by atoms with Crippen molar-refractivity contribution in [3.63, 3.8) is 0 Å². The van der Waals surface area contributed by atoms with Crippen LogP contribution < -0.4 is 11.1 Å². The minimum atomic E-state index is 0.170. The largest absolute Gasteiger partial charge is 0.355 e. The maximum Gasteiger partial charge on any atom is 0.234 e. The molecule has 1 unspecified atom stereocenters. The number of nitrogens with one attached hydrogen (secondary N) is 1. The smallest absolute Gasteiger partial charge is 0.234 e. The molecule has 3 N–H and O–H groups in total. The van der Waals surface area contributed by atoms with Crippen LogP contribution in [0.3, 0.4) is 0 Å². The van der Waals surface area contributed by atoms with Gasteiger partial charge in [-0.2, -0.15) is 0 Å². The van der Waals surface area contributed by atoms with Gasteiger partial charge < -0.3 is 11.1 Å². The van der Waals surface area contributed by atoms with Crippen LogP contribution in [-0.4, -0.2) is 67.1 Å². The second-order valence-electron chi connectivity index (χ2n) is 5.90. The van der Waals surface area contributed by atoms with Crippen molar-refractivity contribution in [1.82, 2.24) is 15.1 Å². The van der Waals surface area contributed by atoms with Gasteiger partial charge in [-0.1, -0.05) is 6.92 Å². The van der Waals surface area contributed by atoms with Gasteiger partial charge in [0.05, 0.1) is 6.54 Å². The Hall–Kier alpha value is -0.650. The summed E-state index contributed by atoms with van der Waals surface area (Å²) < 4.78 is 0. The Morgan fingerprint density at radius 2 is 2.00 bits per heavy atom. The van der Waals surface area contributed by atoms with E-state index in [0.717, 1.165) is 52.0 Å². The Morgan fingerprint density at radius 1 is 1.26 bits per heavy atom. The number of likely N-dealkylation sites (tertiary alicyclic amines) is 2. The molecule has 2 rings (SSSR count). The molecular formula is C14H28N4O. The van der Waals surface area contributed by atoms with E-state index in [2.05, 4.69) is 22.0 Å². The Balaban J connectivity index is 1.69. The highest BCUT2D eigenvalue weighted by atomic mass is 16.2. The summed E-state index contributed by atoms with van der Waals surface area (Å²) in [4.78, 5) is 16.5. The van der Waals surface area contributed by atoms with E-state index in [4.69, 9.17) is 5.73 Å². The fraction of sp³-hybridized carbons (Fsp3) is 0.929. The van der Waals surface area contributed by atoms with E-state index in [1.807, 2.05) is 0 Å². The molecule has 0 aliphatic carbocycles. The van der Waals surface area contributed by atoms with E-state index in [1.54, 1.807) is 0 Å². The average molecular weight is 268 g/mol. The number of nitrogens with two attached hydrogens (primary N) is 1.